The minimum atomic E-state index is -0.992. The molecule has 1 aliphatic heterocycles. The molecule has 1 saturated heterocycles. The topological polar surface area (TPSA) is 75.6 Å². The summed E-state index contributed by atoms with van der Waals surface area (Å²) in [6.07, 6.45) is -0.514. The average Bonchev–Trinajstić information content (AvgIpc) is 2.62. The van der Waals surface area contributed by atoms with Gasteiger partial charge in [0.15, 0.2) is 6.10 Å². The molecule has 5 heteroatoms. The lowest BCUT2D eigenvalue weighted by Gasteiger charge is -2.12. The van der Waals surface area contributed by atoms with Gasteiger partial charge in [-0.05, 0) is 18.8 Å². The monoisotopic (exact) mass is 215 g/mol. The number of hydrogen-bond donors (Lipinski definition) is 2. The highest BCUT2D eigenvalue weighted by atomic mass is 16.5. The number of aliphatic carboxylic acids is 1. The Morgan fingerprint density at radius 1 is 1.40 bits per heavy atom. The maximum absolute atomic E-state index is 11.5. The summed E-state index contributed by atoms with van der Waals surface area (Å²) in [5.41, 5.74) is 0. The van der Waals surface area contributed by atoms with Crippen molar-refractivity contribution in [1.29, 1.82) is 0 Å². The Morgan fingerprint density at radius 3 is 2.47 bits per heavy atom. The van der Waals surface area contributed by atoms with Gasteiger partial charge in [-0.25, -0.2) is 4.79 Å². The number of carbonyl (C=O) groups is 2. The lowest BCUT2D eigenvalue weighted by atomic mass is 10.2. The maximum Gasteiger partial charge on any atom is 0.332 e. The van der Waals surface area contributed by atoms with Crippen molar-refractivity contribution in [3.05, 3.63) is 0 Å². The van der Waals surface area contributed by atoms with Crippen LogP contribution in [0.3, 0.4) is 0 Å². The number of carboxylic acids is 1. The van der Waals surface area contributed by atoms with Gasteiger partial charge in [-0.1, -0.05) is 13.8 Å². The van der Waals surface area contributed by atoms with Gasteiger partial charge >= 0.3 is 5.97 Å². The second-order valence-corrected chi connectivity index (χ2v) is 4.17. The van der Waals surface area contributed by atoms with E-state index >= 15 is 0 Å². The Balaban J connectivity index is 2.33. The summed E-state index contributed by atoms with van der Waals surface area (Å²) in [4.78, 5) is 22.1. The zero-order valence-corrected chi connectivity index (χ0v) is 9.03. The highest BCUT2D eigenvalue weighted by molar-refractivity contribution is 5.82. The van der Waals surface area contributed by atoms with E-state index in [9.17, 15) is 9.59 Å². The second kappa shape index (κ2) is 5.11. The van der Waals surface area contributed by atoms with Crippen LogP contribution in [0.5, 0.6) is 0 Å². The lowest BCUT2D eigenvalue weighted by Crippen LogP contribution is -2.37. The van der Waals surface area contributed by atoms with E-state index in [0.29, 0.717) is 25.3 Å². The molecule has 0 radical (unpaired) electrons. The van der Waals surface area contributed by atoms with Crippen LogP contribution in [0.2, 0.25) is 0 Å². The normalized spacial score (nSPS) is 25.5. The molecule has 5 nitrogen and oxygen atoms in total. The van der Waals surface area contributed by atoms with Crippen LogP contribution in [0.1, 0.15) is 26.7 Å². The molecule has 2 atom stereocenters. The molecule has 0 aromatic rings. The second-order valence-electron chi connectivity index (χ2n) is 4.17. The molecule has 1 aliphatic rings. The molecule has 2 N–H and O–H groups in total. The van der Waals surface area contributed by atoms with Crippen LogP contribution in [0.25, 0.3) is 0 Å². The molecule has 1 rings (SSSR count). The number of hydrogen-bond acceptors (Lipinski definition) is 3. The number of rotatable bonds is 4. The van der Waals surface area contributed by atoms with Crippen molar-refractivity contribution in [3.8, 4) is 0 Å². The summed E-state index contributed by atoms with van der Waals surface area (Å²) in [6.45, 7) is 4.59. The van der Waals surface area contributed by atoms with Crippen molar-refractivity contribution in [3.63, 3.8) is 0 Å². The average molecular weight is 215 g/mol. The van der Waals surface area contributed by atoms with Gasteiger partial charge in [-0.3, -0.25) is 4.79 Å². The van der Waals surface area contributed by atoms with Crippen molar-refractivity contribution >= 4 is 11.9 Å². The van der Waals surface area contributed by atoms with Crippen LogP contribution >= 0.6 is 0 Å². The fourth-order valence-electron chi connectivity index (χ4n) is 1.43. The van der Waals surface area contributed by atoms with Crippen LogP contribution in [0.4, 0.5) is 0 Å². The van der Waals surface area contributed by atoms with Gasteiger partial charge in [0.05, 0.1) is 0 Å². The first kappa shape index (κ1) is 12.0. The molecule has 1 fully saturated rings. The summed E-state index contributed by atoms with van der Waals surface area (Å²) < 4.78 is 5.11. The third-order valence-electron chi connectivity index (χ3n) is 2.27. The molecule has 0 aromatic carbocycles. The zero-order valence-electron chi connectivity index (χ0n) is 9.03. The SMILES string of the molecule is CC(C)CNC(=O)[C@@H]1CC[C@H](C(=O)O)O1. The van der Waals surface area contributed by atoms with E-state index in [0.717, 1.165) is 0 Å². The highest BCUT2D eigenvalue weighted by Crippen LogP contribution is 2.19. The first-order chi connectivity index (χ1) is 7.00. The van der Waals surface area contributed by atoms with Gasteiger partial charge in [0.25, 0.3) is 0 Å². The van der Waals surface area contributed by atoms with Gasteiger partial charge < -0.3 is 15.2 Å². The molecule has 0 bridgehead atoms. The quantitative estimate of drug-likeness (QED) is 0.711. The lowest BCUT2D eigenvalue weighted by molar-refractivity contribution is -0.151. The molecule has 0 spiro atoms. The Labute approximate surface area is 88.8 Å². The zero-order chi connectivity index (χ0) is 11.4. The van der Waals surface area contributed by atoms with Crippen LogP contribution < -0.4 is 5.32 Å². The first-order valence-electron chi connectivity index (χ1n) is 5.16. The van der Waals surface area contributed by atoms with E-state index in [1.165, 1.54) is 0 Å². The van der Waals surface area contributed by atoms with Gasteiger partial charge in [0.1, 0.15) is 6.10 Å². The van der Waals surface area contributed by atoms with E-state index in [2.05, 4.69) is 5.32 Å². The summed E-state index contributed by atoms with van der Waals surface area (Å²) >= 11 is 0. The molecule has 1 amide bonds. The van der Waals surface area contributed by atoms with Crippen molar-refractivity contribution < 1.29 is 19.4 Å². The minimum absolute atomic E-state index is 0.201. The molecule has 0 aliphatic carbocycles. The van der Waals surface area contributed by atoms with Gasteiger partial charge in [0.2, 0.25) is 5.91 Å². The Morgan fingerprint density at radius 2 is 2.00 bits per heavy atom. The molecule has 0 unspecified atom stereocenters. The van der Waals surface area contributed by atoms with E-state index < -0.39 is 18.2 Å². The summed E-state index contributed by atoms with van der Waals surface area (Å²) in [6, 6.07) is 0. The van der Waals surface area contributed by atoms with Crippen molar-refractivity contribution in [2.75, 3.05) is 6.54 Å². The molecule has 15 heavy (non-hydrogen) atoms. The molecule has 86 valence electrons. The van der Waals surface area contributed by atoms with Crippen LogP contribution in [-0.2, 0) is 14.3 Å². The number of ether oxygens (including phenoxy) is 1. The molecular formula is C10H17NO4. The van der Waals surface area contributed by atoms with E-state index in [-0.39, 0.29) is 5.91 Å². The smallest absolute Gasteiger partial charge is 0.332 e. The first-order valence-corrected chi connectivity index (χ1v) is 5.16. The molecular weight excluding hydrogens is 198 g/mol. The Kier molecular flexibility index (Phi) is 4.08. The van der Waals surface area contributed by atoms with E-state index in [1.54, 1.807) is 0 Å². The predicted octanol–water partition coefficient (Wildman–Crippen LogP) is 0.391. The largest absolute Gasteiger partial charge is 0.479 e. The Hall–Kier alpha value is -1.10. The van der Waals surface area contributed by atoms with Crippen molar-refractivity contribution in [2.45, 2.75) is 38.9 Å². The van der Waals surface area contributed by atoms with Crippen molar-refractivity contribution in [1.82, 2.24) is 5.32 Å². The third-order valence-corrected chi connectivity index (χ3v) is 2.27. The third kappa shape index (κ3) is 3.51. The fourth-order valence-corrected chi connectivity index (χ4v) is 1.43. The predicted molar refractivity (Wildman–Crippen MR) is 53.4 cm³/mol. The number of carbonyl (C=O) groups excluding carboxylic acids is 1. The minimum Gasteiger partial charge on any atom is -0.479 e. The van der Waals surface area contributed by atoms with Crippen LogP contribution in [-0.4, -0.2) is 35.7 Å². The molecule has 1 heterocycles. The molecule has 0 aromatic heterocycles. The van der Waals surface area contributed by atoms with Crippen LogP contribution in [0.15, 0.2) is 0 Å². The van der Waals surface area contributed by atoms with Gasteiger partial charge in [-0.15, -0.1) is 0 Å². The molecule has 0 saturated carbocycles. The van der Waals surface area contributed by atoms with Gasteiger partial charge in [-0.2, -0.15) is 0 Å². The number of carboxylic acid groups (broad SMARTS) is 1. The summed E-state index contributed by atoms with van der Waals surface area (Å²) in [7, 11) is 0. The highest BCUT2D eigenvalue weighted by Gasteiger charge is 2.34. The summed E-state index contributed by atoms with van der Waals surface area (Å²) in [5, 5.41) is 11.4. The number of amides is 1. The standard InChI is InChI=1S/C10H17NO4/c1-6(2)5-11-9(12)7-3-4-8(15-7)10(13)14/h6-8H,3-5H2,1-2H3,(H,11,12)(H,13,14)/t7-,8+/m0/s1. The van der Waals surface area contributed by atoms with E-state index in [1.807, 2.05) is 13.8 Å². The fraction of sp³-hybridized carbons (Fsp3) is 0.800. The number of nitrogens with one attached hydrogen (secondary N) is 1. The van der Waals surface area contributed by atoms with Crippen molar-refractivity contribution in [2.24, 2.45) is 5.92 Å². The van der Waals surface area contributed by atoms with Crippen LogP contribution in [0, 0.1) is 5.92 Å². The Bertz CT molecular complexity index is 252. The maximum atomic E-state index is 11.5. The summed E-state index contributed by atoms with van der Waals surface area (Å²) in [5.74, 6) is -0.813. The van der Waals surface area contributed by atoms with Gasteiger partial charge in [0, 0.05) is 6.54 Å². The van der Waals surface area contributed by atoms with E-state index in [4.69, 9.17) is 9.84 Å².